The second-order valence-corrected chi connectivity index (χ2v) is 9.51. The Morgan fingerprint density at radius 2 is 1.69 bits per heavy atom. The van der Waals surface area contributed by atoms with E-state index in [1.165, 1.54) is 0 Å². The van der Waals surface area contributed by atoms with Gasteiger partial charge in [0, 0.05) is 36.8 Å². The predicted molar refractivity (Wildman–Crippen MR) is 113 cm³/mol. The Morgan fingerprint density at radius 1 is 1.07 bits per heavy atom. The lowest BCUT2D eigenvalue weighted by molar-refractivity contribution is -0.125. The summed E-state index contributed by atoms with van der Waals surface area (Å²) in [5, 5.41) is 2.96. The van der Waals surface area contributed by atoms with Crippen LogP contribution in [0.3, 0.4) is 0 Å². The summed E-state index contributed by atoms with van der Waals surface area (Å²) in [5.74, 6) is 0.0784. The third kappa shape index (κ3) is 5.23. The van der Waals surface area contributed by atoms with Gasteiger partial charge in [-0.05, 0) is 54.8 Å². The van der Waals surface area contributed by atoms with E-state index in [4.69, 9.17) is 0 Å². The second kappa shape index (κ2) is 9.22. The average molecular weight is 415 g/mol. The van der Waals surface area contributed by atoms with Crippen LogP contribution in [-0.4, -0.2) is 39.5 Å². The van der Waals surface area contributed by atoms with E-state index in [-0.39, 0.29) is 17.6 Å². The topological polar surface area (TPSA) is 83.6 Å². The summed E-state index contributed by atoms with van der Waals surface area (Å²) in [6, 6.07) is 14.2. The summed E-state index contributed by atoms with van der Waals surface area (Å²) in [6.07, 6.45) is 2.38. The van der Waals surface area contributed by atoms with Crippen molar-refractivity contribution in [3.05, 3.63) is 59.7 Å². The van der Waals surface area contributed by atoms with Crippen LogP contribution in [0.15, 0.2) is 53.4 Å². The first-order chi connectivity index (χ1) is 13.9. The molecule has 0 spiro atoms. The molecule has 1 saturated heterocycles. The fourth-order valence-electron chi connectivity index (χ4n) is 3.48. The number of piperidine rings is 1. The van der Waals surface area contributed by atoms with Gasteiger partial charge in [0.15, 0.2) is 9.84 Å². The number of sulfone groups is 1. The van der Waals surface area contributed by atoms with Gasteiger partial charge in [-0.15, -0.1) is 0 Å². The Morgan fingerprint density at radius 3 is 2.24 bits per heavy atom. The first kappa shape index (κ1) is 21.0. The molecule has 2 aromatic carbocycles. The third-order valence-corrected chi connectivity index (χ3v) is 7.14. The summed E-state index contributed by atoms with van der Waals surface area (Å²) in [5.41, 5.74) is 2.60. The summed E-state index contributed by atoms with van der Waals surface area (Å²) in [6.45, 7) is 3.60. The molecular weight excluding hydrogens is 388 g/mol. The Balaban J connectivity index is 1.49. The maximum atomic E-state index is 12.5. The number of aldehydes is 1. The van der Waals surface area contributed by atoms with Gasteiger partial charge in [0.05, 0.1) is 10.6 Å². The zero-order valence-electron chi connectivity index (χ0n) is 16.5. The maximum Gasteiger partial charge on any atom is 0.223 e. The number of hydrogen-bond acceptors (Lipinski definition) is 5. The van der Waals surface area contributed by atoms with E-state index in [9.17, 15) is 18.0 Å². The van der Waals surface area contributed by atoms with Crippen molar-refractivity contribution in [3.8, 4) is 0 Å². The lowest BCUT2D eigenvalue weighted by Gasteiger charge is -2.33. The van der Waals surface area contributed by atoms with Crippen molar-refractivity contribution in [1.29, 1.82) is 0 Å². The fourth-order valence-corrected chi connectivity index (χ4v) is 4.36. The molecular formula is C22H26N2O4S. The van der Waals surface area contributed by atoms with Gasteiger partial charge in [-0.2, -0.15) is 0 Å². The van der Waals surface area contributed by atoms with Gasteiger partial charge < -0.3 is 10.2 Å². The molecule has 1 fully saturated rings. The quantitative estimate of drug-likeness (QED) is 0.705. The maximum absolute atomic E-state index is 12.5. The van der Waals surface area contributed by atoms with Gasteiger partial charge in [0.1, 0.15) is 6.29 Å². The molecule has 6 nitrogen and oxygen atoms in total. The molecule has 0 atom stereocenters. The standard InChI is InChI=1S/C22H26N2O4S/c1-2-29(27,28)21-9-5-17(6-10-21)15-23-22(26)19-11-13-24(14-12-19)20-7-3-18(16-25)4-8-20/h3-10,16,19H,2,11-15H2,1H3,(H,23,26). The van der Waals surface area contributed by atoms with E-state index >= 15 is 0 Å². The van der Waals surface area contributed by atoms with Crippen LogP contribution in [0.4, 0.5) is 5.69 Å². The van der Waals surface area contributed by atoms with Gasteiger partial charge >= 0.3 is 0 Å². The zero-order chi connectivity index (χ0) is 20.9. The van der Waals surface area contributed by atoms with Crippen LogP contribution >= 0.6 is 0 Å². The summed E-state index contributed by atoms with van der Waals surface area (Å²) < 4.78 is 23.7. The molecule has 0 radical (unpaired) electrons. The number of nitrogens with zero attached hydrogens (tertiary/aromatic N) is 1. The van der Waals surface area contributed by atoms with Gasteiger partial charge in [-0.3, -0.25) is 9.59 Å². The highest BCUT2D eigenvalue weighted by molar-refractivity contribution is 7.91. The monoisotopic (exact) mass is 414 g/mol. The van der Waals surface area contributed by atoms with Crippen LogP contribution < -0.4 is 10.2 Å². The van der Waals surface area contributed by atoms with Gasteiger partial charge in [0.25, 0.3) is 0 Å². The minimum absolute atomic E-state index is 0.0276. The third-order valence-electron chi connectivity index (χ3n) is 5.39. The van der Waals surface area contributed by atoms with Crippen LogP contribution in [0.1, 0.15) is 35.7 Å². The lowest BCUT2D eigenvalue weighted by Crippen LogP contribution is -2.40. The van der Waals surface area contributed by atoms with E-state index < -0.39 is 9.84 Å². The number of anilines is 1. The van der Waals surface area contributed by atoms with Crippen molar-refractivity contribution in [1.82, 2.24) is 5.32 Å². The van der Waals surface area contributed by atoms with E-state index in [0.717, 1.165) is 43.5 Å². The van der Waals surface area contributed by atoms with E-state index in [0.29, 0.717) is 17.0 Å². The molecule has 29 heavy (non-hydrogen) atoms. The zero-order valence-corrected chi connectivity index (χ0v) is 17.3. The second-order valence-electron chi connectivity index (χ2n) is 7.24. The number of carbonyl (C=O) groups excluding carboxylic acids is 2. The highest BCUT2D eigenvalue weighted by atomic mass is 32.2. The predicted octanol–water partition coefficient (Wildman–Crippen LogP) is 2.83. The Hall–Kier alpha value is -2.67. The van der Waals surface area contributed by atoms with Crippen LogP contribution in [-0.2, 0) is 21.2 Å². The smallest absolute Gasteiger partial charge is 0.223 e. The lowest BCUT2D eigenvalue weighted by atomic mass is 9.95. The van der Waals surface area contributed by atoms with E-state index in [1.54, 1.807) is 43.3 Å². The van der Waals surface area contributed by atoms with Crippen molar-refractivity contribution in [2.24, 2.45) is 5.92 Å². The molecule has 1 amide bonds. The molecule has 2 aromatic rings. The Labute approximate surface area is 171 Å². The van der Waals surface area contributed by atoms with E-state index in [2.05, 4.69) is 10.2 Å². The normalized spacial score (nSPS) is 15.1. The van der Waals surface area contributed by atoms with Crippen molar-refractivity contribution in [2.75, 3.05) is 23.7 Å². The average Bonchev–Trinajstić information content (AvgIpc) is 2.78. The Kier molecular flexibility index (Phi) is 6.69. The first-order valence-corrected chi connectivity index (χ1v) is 11.5. The molecule has 3 rings (SSSR count). The fraction of sp³-hybridized carbons (Fsp3) is 0.364. The van der Waals surface area contributed by atoms with Gasteiger partial charge in [-0.1, -0.05) is 19.1 Å². The highest BCUT2D eigenvalue weighted by Gasteiger charge is 2.25. The number of benzene rings is 2. The molecule has 7 heteroatoms. The van der Waals surface area contributed by atoms with Gasteiger partial charge in [-0.25, -0.2) is 8.42 Å². The molecule has 0 unspecified atom stereocenters. The summed E-state index contributed by atoms with van der Waals surface area (Å²) in [4.78, 5) is 25.8. The number of rotatable bonds is 7. The van der Waals surface area contributed by atoms with Crippen molar-refractivity contribution in [2.45, 2.75) is 31.2 Å². The van der Waals surface area contributed by atoms with Gasteiger partial charge in [0.2, 0.25) is 5.91 Å². The molecule has 0 aliphatic carbocycles. The van der Waals surface area contributed by atoms with Crippen molar-refractivity contribution >= 4 is 27.7 Å². The minimum atomic E-state index is -3.20. The number of carbonyl (C=O) groups is 2. The van der Waals surface area contributed by atoms with E-state index in [1.807, 2.05) is 12.1 Å². The Bertz CT molecular complexity index is 945. The highest BCUT2D eigenvalue weighted by Crippen LogP contribution is 2.24. The van der Waals surface area contributed by atoms with Crippen LogP contribution in [0, 0.1) is 5.92 Å². The number of hydrogen-bond donors (Lipinski definition) is 1. The van der Waals surface area contributed by atoms with Crippen LogP contribution in [0.25, 0.3) is 0 Å². The summed E-state index contributed by atoms with van der Waals surface area (Å²) in [7, 11) is -3.20. The molecule has 1 aliphatic rings. The van der Waals surface area contributed by atoms with Crippen molar-refractivity contribution in [3.63, 3.8) is 0 Å². The molecule has 1 N–H and O–H groups in total. The van der Waals surface area contributed by atoms with Crippen LogP contribution in [0.5, 0.6) is 0 Å². The largest absolute Gasteiger partial charge is 0.371 e. The molecule has 0 saturated carbocycles. The summed E-state index contributed by atoms with van der Waals surface area (Å²) >= 11 is 0. The molecule has 1 aliphatic heterocycles. The van der Waals surface area contributed by atoms with Crippen LogP contribution in [0.2, 0.25) is 0 Å². The molecule has 154 valence electrons. The number of nitrogens with one attached hydrogen (secondary N) is 1. The molecule has 0 bridgehead atoms. The minimum Gasteiger partial charge on any atom is -0.371 e. The van der Waals surface area contributed by atoms with Crippen molar-refractivity contribution < 1.29 is 18.0 Å². The SMILES string of the molecule is CCS(=O)(=O)c1ccc(CNC(=O)C2CCN(c3ccc(C=O)cc3)CC2)cc1. The number of amides is 1. The first-order valence-electron chi connectivity index (χ1n) is 9.82. The molecule has 1 heterocycles. The molecule has 0 aromatic heterocycles.